The van der Waals surface area contributed by atoms with Gasteiger partial charge in [-0.05, 0) is 20.3 Å². The van der Waals surface area contributed by atoms with Gasteiger partial charge in [-0.3, -0.25) is 4.79 Å². The molecule has 5 nitrogen and oxygen atoms in total. The van der Waals surface area contributed by atoms with Crippen molar-refractivity contribution in [3.05, 3.63) is 0 Å². The first kappa shape index (κ1) is 13.2. The van der Waals surface area contributed by atoms with E-state index in [1.54, 1.807) is 0 Å². The molecule has 7 heteroatoms. The van der Waals surface area contributed by atoms with E-state index in [4.69, 9.17) is 5.73 Å². The Balaban J connectivity index is 2.36. The lowest BCUT2D eigenvalue weighted by Crippen LogP contribution is -2.43. The van der Waals surface area contributed by atoms with Crippen LogP contribution in [0, 0.1) is 0 Å². The summed E-state index contributed by atoms with van der Waals surface area (Å²) < 4.78 is 0.724. The fourth-order valence-electron chi connectivity index (χ4n) is 0.908. The summed E-state index contributed by atoms with van der Waals surface area (Å²) in [5, 5.41) is 10.9. The van der Waals surface area contributed by atoms with E-state index >= 15 is 0 Å². The Labute approximate surface area is 103 Å². The van der Waals surface area contributed by atoms with Crippen LogP contribution in [0.3, 0.4) is 0 Å². The molecule has 0 aromatic carbocycles. The van der Waals surface area contributed by atoms with E-state index in [1.807, 2.05) is 20.8 Å². The van der Waals surface area contributed by atoms with Gasteiger partial charge < -0.3 is 11.1 Å². The van der Waals surface area contributed by atoms with Gasteiger partial charge in [0.05, 0.1) is 5.75 Å². The molecule has 0 aliphatic carbocycles. The Morgan fingerprint density at radius 2 is 2.25 bits per heavy atom. The number of nitrogens with two attached hydrogens (primary N) is 1. The summed E-state index contributed by atoms with van der Waals surface area (Å²) in [6.45, 7) is 6.04. The van der Waals surface area contributed by atoms with Crippen molar-refractivity contribution >= 4 is 34.1 Å². The Hall–Kier alpha value is -0.820. The zero-order valence-electron chi connectivity index (χ0n) is 9.61. The second-order valence-corrected chi connectivity index (χ2v) is 6.21. The molecule has 1 aromatic rings. The van der Waals surface area contributed by atoms with Gasteiger partial charge in [0.15, 0.2) is 4.34 Å². The lowest BCUT2D eigenvalue weighted by Gasteiger charge is -2.24. The molecule has 1 heterocycles. The molecule has 0 aliphatic rings. The van der Waals surface area contributed by atoms with Crippen molar-refractivity contribution in [3.63, 3.8) is 0 Å². The predicted octanol–water partition coefficient (Wildman–Crippen LogP) is 1.52. The number of thioether (sulfide) groups is 1. The van der Waals surface area contributed by atoms with E-state index in [9.17, 15) is 4.79 Å². The number of nitrogens with one attached hydrogen (secondary N) is 1. The minimum Gasteiger partial charge on any atom is -0.374 e. The van der Waals surface area contributed by atoms with E-state index in [1.165, 1.54) is 23.1 Å². The molecular formula is C9H16N4OS2. The minimum absolute atomic E-state index is 0.00521. The van der Waals surface area contributed by atoms with Crippen LogP contribution in [0.25, 0.3) is 0 Å². The maximum atomic E-state index is 11.6. The molecule has 0 saturated heterocycles. The van der Waals surface area contributed by atoms with Crippen molar-refractivity contribution in [2.75, 3.05) is 11.5 Å². The number of carbonyl (C=O) groups excluding carboxylic acids is 1. The number of hydrogen-bond acceptors (Lipinski definition) is 6. The average molecular weight is 260 g/mol. The van der Waals surface area contributed by atoms with E-state index in [2.05, 4.69) is 15.5 Å². The van der Waals surface area contributed by atoms with Crippen LogP contribution in [0.1, 0.15) is 27.2 Å². The first-order valence-corrected chi connectivity index (χ1v) is 6.76. The highest BCUT2D eigenvalue weighted by atomic mass is 32.2. The molecule has 0 spiro atoms. The molecule has 0 bridgehead atoms. The van der Waals surface area contributed by atoms with Crippen molar-refractivity contribution in [2.45, 2.75) is 37.1 Å². The van der Waals surface area contributed by atoms with Crippen LogP contribution in [0.5, 0.6) is 0 Å². The molecule has 1 rings (SSSR count). The fraction of sp³-hybridized carbons (Fsp3) is 0.667. The Morgan fingerprint density at radius 3 is 2.75 bits per heavy atom. The van der Waals surface area contributed by atoms with Gasteiger partial charge >= 0.3 is 0 Å². The molecule has 1 amide bonds. The monoisotopic (exact) mass is 260 g/mol. The summed E-state index contributed by atoms with van der Waals surface area (Å²) in [5.41, 5.74) is 5.28. The molecule has 0 atom stereocenters. The van der Waals surface area contributed by atoms with E-state index in [-0.39, 0.29) is 11.4 Å². The van der Waals surface area contributed by atoms with Crippen molar-refractivity contribution in [1.29, 1.82) is 0 Å². The van der Waals surface area contributed by atoms with Gasteiger partial charge in [-0.1, -0.05) is 30.0 Å². The van der Waals surface area contributed by atoms with Crippen LogP contribution in [-0.2, 0) is 4.79 Å². The lowest BCUT2D eigenvalue weighted by molar-refractivity contribution is -0.120. The molecule has 0 radical (unpaired) electrons. The number of nitrogens with zero attached hydrogens (tertiary/aromatic N) is 2. The van der Waals surface area contributed by atoms with Crippen molar-refractivity contribution in [3.8, 4) is 0 Å². The molecule has 90 valence electrons. The molecule has 0 saturated carbocycles. The number of carbonyl (C=O) groups is 1. The van der Waals surface area contributed by atoms with Gasteiger partial charge in [0.25, 0.3) is 0 Å². The van der Waals surface area contributed by atoms with Crippen LogP contribution in [-0.4, -0.2) is 27.4 Å². The second kappa shape index (κ2) is 5.49. The highest BCUT2D eigenvalue weighted by Gasteiger charge is 2.18. The summed E-state index contributed by atoms with van der Waals surface area (Å²) in [5.74, 6) is 0.351. The van der Waals surface area contributed by atoms with Crippen LogP contribution in [0.2, 0.25) is 0 Å². The zero-order chi connectivity index (χ0) is 12.2. The summed E-state index contributed by atoms with van der Waals surface area (Å²) in [7, 11) is 0. The molecule has 3 N–H and O–H groups in total. The van der Waals surface area contributed by atoms with Gasteiger partial charge in [-0.2, -0.15) is 0 Å². The van der Waals surface area contributed by atoms with Gasteiger partial charge in [-0.25, -0.2) is 0 Å². The summed E-state index contributed by atoms with van der Waals surface area (Å²) >= 11 is 2.65. The molecule has 1 aromatic heterocycles. The zero-order valence-corrected chi connectivity index (χ0v) is 11.2. The third kappa shape index (κ3) is 4.36. The normalized spacial score (nSPS) is 11.4. The lowest BCUT2D eigenvalue weighted by atomic mass is 10.0. The Bertz CT molecular complexity index is 364. The minimum atomic E-state index is -0.155. The number of anilines is 1. The van der Waals surface area contributed by atoms with Gasteiger partial charge in [-0.15, -0.1) is 10.2 Å². The smallest absolute Gasteiger partial charge is 0.230 e. The third-order valence-corrected chi connectivity index (χ3v) is 4.00. The number of hydrogen-bond donors (Lipinski definition) is 2. The van der Waals surface area contributed by atoms with E-state index in [0.29, 0.717) is 10.9 Å². The highest BCUT2D eigenvalue weighted by Crippen LogP contribution is 2.23. The number of amides is 1. The standard InChI is InChI=1S/C9H16N4OS2/c1-4-9(2,3)11-6(14)5-15-8-13-12-7(10)16-8/h4-5H2,1-3H3,(H2,10,12)(H,11,14). The van der Waals surface area contributed by atoms with Crippen LogP contribution in [0.4, 0.5) is 5.13 Å². The summed E-state index contributed by atoms with van der Waals surface area (Å²) in [6.07, 6.45) is 0.898. The van der Waals surface area contributed by atoms with Crippen LogP contribution < -0.4 is 11.1 Å². The van der Waals surface area contributed by atoms with Crippen molar-refractivity contribution in [2.24, 2.45) is 0 Å². The Kier molecular flexibility index (Phi) is 4.55. The van der Waals surface area contributed by atoms with Gasteiger partial charge in [0.1, 0.15) is 0 Å². The first-order chi connectivity index (χ1) is 7.43. The maximum Gasteiger partial charge on any atom is 0.230 e. The first-order valence-electron chi connectivity index (χ1n) is 4.96. The van der Waals surface area contributed by atoms with E-state index in [0.717, 1.165) is 10.8 Å². The third-order valence-electron chi connectivity index (χ3n) is 2.11. The van der Waals surface area contributed by atoms with Crippen molar-refractivity contribution < 1.29 is 4.79 Å². The van der Waals surface area contributed by atoms with Crippen LogP contribution in [0.15, 0.2) is 4.34 Å². The number of nitrogen functional groups attached to an aromatic ring is 1. The van der Waals surface area contributed by atoms with Gasteiger partial charge in [0, 0.05) is 5.54 Å². The molecule has 0 aliphatic heterocycles. The largest absolute Gasteiger partial charge is 0.374 e. The molecule has 0 unspecified atom stereocenters. The quantitative estimate of drug-likeness (QED) is 0.784. The van der Waals surface area contributed by atoms with Crippen molar-refractivity contribution in [1.82, 2.24) is 15.5 Å². The average Bonchev–Trinajstić information content (AvgIpc) is 2.61. The van der Waals surface area contributed by atoms with Crippen LogP contribution >= 0.6 is 23.1 Å². The topological polar surface area (TPSA) is 80.9 Å². The number of rotatable bonds is 5. The SMILES string of the molecule is CCC(C)(C)NC(=O)CSc1nnc(N)s1. The maximum absolute atomic E-state index is 11.6. The summed E-state index contributed by atoms with van der Waals surface area (Å²) in [6, 6.07) is 0. The molecule has 0 fully saturated rings. The summed E-state index contributed by atoms with van der Waals surface area (Å²) in [4.78, 5) is 11.6. The fourth-order valence-corrected chi connectivity index (χ4v) is 2.34. The highest BCUT2D eigenvalue weighted by molar-refractivity contribution is 8.01. The van der Waals surface area contributed by atoms with Gasteiger partial charge in [0.2, 0.25) is 11.0 Å². The number of aromatic nitrogens is 2. The van der Waals surface area contributed by atoms with E-state index < -0.39 is 0 Å². The predicted molar refractivity (Wildman–Crippen MR) is 67.6 cm³/mol. The second-order valence-electron chi connectivity index (χ2n) is 3.98. The molecule has 16 heavy (non-hydrogen) atoms. The molecular weight excluding hydrogens is 244 g/mol. The Morgan fingerprint density at radius 1 is 1.56 bits per heavy atom.